The molecule has 1 aromatic carbocycles. The van der Waals surface area contributed by atoms with Crippen LogP contribution in [0.4, 0.5) is 17.3 Å². The van der Waals surface area contributed by atoms with Crippen molar-refractivity contribution in [1.29, 1.82) is 0 Å². The number of nitrogens with zero attached hydrogens (tertiary/aromatic N) is 4. The molecule has 33 heavy (non-hydrogen) atoms. The molecular weight excluding hydrogens is 428 g/mol. The van der Waals surface area contributed by atoms with Crippen molar-refractivity contribution >= 4 is 29.1 Å². The van der Waals surface area contributed by atoms with Crippen LogP contribution in [0.15, 0.2) is 41.2 Å². The predicted molar refractivity (Wildman–Crippen MR) is 121 cm³/mol. The van der Waals surface area contributed by atoms with Crippen molar-refractivity contribution in [3.05, 3.63) is 53.8 Å². The fourth-order valence-electron chi connectivity index (χ4n) is 3.62. The molecular formula is C22H24N6O5. The summed E-state index contributed by atoms with van der Waals surface area (Å²) in [5.74, 6) is 0.105. The van der Waals surface area contributed by atoms with E-state index in [0.717, 1.165) is 11.3 Å². The standard InChI is InChI=1S/C22H24N6O5/c1-27(7-5-23)16-4-6-24-10-15(16)26-20(29)21-25-11-19(33-21)28-12-13-8-17(31-2)18(32-3)9-14(13)22(28)30/h4,6,8-11H,5,7,12,23H2,1-3H3,(H,26,29). The Morgan fingerprint density at radius 3 is 2.76 bits per heavy atom. The third kappa shape index (κ3) is 4.17. The first-order valence-corrected chi connectivity index (χ1v) is 10.2. The van der Waals surface area contributed by atoms with Gasteiger partial charge in [0.05, 0.1) is 44.5 Å². The molecule has 0 saturated carbocycles. The first-order chi connectivity index (χ1) is 16.0. The number of ether oxygens (including phenoxy) is 2. The number of oxazole rings is 1. The second kappa shape index (κ2) is 9.17. The highest BCUT2D eigenvalue weighted by atomic mass is 16.5. The molecule has 0 atom stereocenters. The van der Waals surface area contributed by atoms with Gasteiger partial charge in [0.15, 0.2) is 11.5 Å². The molecule has 0 spiro atoms. The van der Waals surface area contributed by atoms with Crippen LogP contribution in [0.5, 0.6) is 11.5 Å². The van der Waals surface area contributed by atoms with Crippen LogP contribution >= 0.6 is 0 Å². The number of nitrogens with one attached hydrogen (secondary N) is 1. The van der Waals surface area contributed by atoms with Crippen molar-refractivity contribution in [1.82, 2.24) is 9.97 Å². The molecule has 3 aromatic rings. The number of aromatic nitrogens is 2. The lowest BCUT2D eigenvalue weighted by Gasteiger charge is -2.21. The monoisotopic (exact) mass is 452 g/mol. The first-order valence-electron chi connectivity index (χ1n) is 10.2. The molecule has 0 radical (unpaired) electrons. The summed E-state index contributed by atoms with van der Waals surface area (Å²) in [7, 11) is 4.90. The Balaban J connectivity index is 1.53. The van der Waals surface area contributed by atoms with E-state index < -0.39 is 5.91 Å². The smallest absolute Gasteiger partial charge is 0.311 e. The van der Waals surface area contributed by atoms with Crippen molar-refractivity contribution < 1.29 is 23.5 Å². The summed E-state index contributed by atoms with van der Waals surface area (Å²) in [6, 6.07) is 5.15. The van der Waals surface area contributed by atoms with Crippen LogP contribution in [-0.4, -0.2) is 56.1 Å². The number of likely N-dealkylation sites (N-methyl/N-ethyl adjacent to an activating group) is 1. The molecule has 1 aliphatic rings. The molecule has 0 saturated heterocycles. The second-order valence-electron chi connectivity index (χ2n) is 7.32. The molecule has 0 bridgehead atoms. The Kier molecular flexibility index (Phi) is 6.13. The molecule has 11 nitrogen and oxygen atoms in total. The highest BCUT2D eigenvalue weighted by molar-refractivity contribution is 6.10. The summed E-state index contributed by atoms with van der Waals surface area (Å²) in [4.78, 5) is 37.1. The highest BCUT2D eigenvalue weighted by Crippen LogP contribution is 2.37. The van der Waals surface area contributed by atoms with Gasteiger partial charge in [-0.15, -0.1) is 0 Å². The van der Waals surface area contributed by atoms with Crippen LogP contribution in [0.3, 0.4) is 0 Å². The number of hydrogen-bond donors (Lipinski definition) is 2. The molecule has 11 heteroatoms. The molecule has 172 valence electrons. The SMILES string of the molecule is COc1cc2c(cc1OC)C(=O)N(c1cnc(C(=O)Nc3cnccc3N(C)CCN)o1)C2. The maximum Gasteiger partial charge on any atom is 0.311 e. The minimum absolute atomic E-state index is 0.158. The van der Waals surface area contributed by atoms with E-state index in [9.17, 15) is 9.59 Å². The number of hydrogen-bond acceptors (Lipinski definition) is 9. The van der Waals surface area contributed by atoms with Crippen LogP contribution in [0.1, 0.15) is 26.6 Å². The Morgan fingerprint density at radius 1 is 1.27 bits per heavy atom. The van der Waals surface area contributed by atoms with Gasteiger partial charge in [0.2, 0.25) is 5.88 Å². The zero-order valence-electron chi connectivity index (χ0n) is 18.5. The molecule has 0 aliphatic carbocycles. The van der Waals surface area contributed by atoms with Gasteiger partial charge in [-0.1, -0.05) is 0 Å². The van der Waals surface area contributed by atoms with E-state index in [-0.39, 0.29) is 24.2 Å². The summed E-state index contributed by atoms with van der Waals surface area (Å²) >= 11 is 0. The van der Waals surface area contributed by atoms with Crippen LogP contribution < -0.4 is 30.3 Å². The lowest BCUT2D eigenvalue weighted by molar-refractivity contribution is 0.0972. The summed E-state index contributed by atoms with van der Waals surface area (Å²) < 4.78 is 16.2. The van der Waals surface area contributed by atoms with Crippen molar-refractivity contribution in [2.24, 2.45) is 5.73 Å². The zero-order chi connectivity index (χ0) is 23.5. The highest BCUT2D eigenvalue weighted by Gasteiger charge is 2.33. The summed E-state index contributed by atoms with van der Waals surface area (Å²) in [5, 5.41) is 2.75. The van der Waals surface area contributed by atoms with Crippen molar-refractivity contribution in [3.8, 4) is 11.5 Å². The van der Waals surface area contributed by atoms with Crippen molar-refractivity contribution in [2.45, 2.75) is 6.54 Å². The van der Waals surface area contributed by atoms with Crippen LogP contribution in [0.2, 0.25) is 0 Å². The van der Waals surface area contributed by atoms with E-state index in [1.807, 2.05) is 11.9 Å². The quantitative estimate of drug-likeness (QED) is 0.525. The average molecular weight is 452 g/mol. The normalized spacial score (nSPS) is 12.5. The fourth-order valence-corrected chi connectivity index (χ4v) is 3.62. The fraction of sp³-hybridized carbons (Fsp3) is 0.273. The molecule has 2 amide bonds. The van der Waals surface area contributed by atoms with Crippen molar-refractivity contribution in [2.75, 3.05) is 49.5 Å². The largest absolute Gasteiger partial charge is 0.493 e. The summed E-state index contributed by atoms with van der Waals surface area (Å²) in [6.07, 6.45) is 4.51. The Hall–Kier alpha value is -4.12. The number of anilines is 3. The van der Waals surface area contributed by atoms with Gasteiger partial charge in [0.25, 0.3) is 11.8 Å². The van der Waals surface area contributed by atoms with E-state index in [0.29, 0.717) is 35.8 Å². The third-order valence-electron chi connectivity index (χ3n) is 5.29. The number of methoxy groups -OCH3 is 2. The van der Waals surface area contributed by atoms with E-state index in [1.54, 1.807) is 24.4 Å². The number of benzene rings is 1. The lowest BCUT2D eigenvalue weighted by Crippen LogP contribution is -2.26. The number of carbonyl (C=O) groups is 2. The van der Waals surface area contributed by atoms with Crippen molar-refractivity contribution in [3.63, 3.8) is 0 Å². The number of carbonyl (C=O) groups excluding carboxylic acids is 2. The molecule has 3 N–H and O–H groups in total. The van der Waals surface area contributed by atoms with Gasteiger partial charge in [-0.2, -0.15) is 0 Å². The third-order valence-corrected chi connectivity index (χ3v) is 5.29. The maximum atomic E-state index is 12.9. The number of amides is 2. The average Bonchev–Trinajstić information content (AvgIpc) is 3.43. The summed E-state index contributed by atoms with van der Waals surface area (Å²) in [5.41, 5.74) is 8.10. The molecule has 1 aliphatic heterocycles. The predicted octanol–water partition coefficient (Wildman–Crippen LogP) is 1.89. The van der Waals surface area contributed by atoms with E-state index >= 15 is 0 Å². The number of pyridine rings is 1. The van der Waals surface area contributed by atoms with E-state index in [4.69, 9.17) is 19.6 Å². The maximum absolute atomic E-state index is 12.9. The second-order valence-corrected chi connectivity index (χ2v) is 7.32. The zero-order valence-corrected chi connectivity index (χ0v) is 18.5. The Bertz CT molecular complexity index is 1190. The minimum Gasteiger partial charge on any atom is -0.493 e. The molecule has 0 unspecified atom stereocenters. The van der Waals surface area contributed by atoms with Crippen LogP contribution in [0, 0.1) is 0 Å². The molecule has 0 fully saturated rings. The van der Waals surface area contributed by atoms with Gasteiger partial charge < -0.3 is 29.8 Å². The Morgan fingerprint density at radius 2 is 2.03 bits per heavy atom. The van der Waals surface area contributed by atoms with Gasteiger partial charge in [-0.25, -0.2) is 4.98 Å². The molecule has 4 rings (SSSR count). The topological polar surface area (TPSA) is 136 Å². The minimum atomic E-state index is -0.566. The van der Waals surface area contributed by atoms with Gasteiger partial charge in [-0.05, 0) is 23.8 Å². The van der Waals surface area contributed by atoms with Crippen LogP contribution in [0.25, 0.3) is 0 Å². The lowest BCUT2D eigenvalue weighted by atomic mass is 10.1. The van der Waals surface area contributed by atoms with Gasteiger partial charge in [-0.3, -0.25) is 19.5 Å². The first kappa shape index (κ1) is 22.1. The number of nitrogens with two attached hydrogens (primary N) is 1. The van der Waals surface area contributed by atoms with Gasteiger partial charge >= 0.3 is 5.91 Å². The Labute approximate surface area is 190 Å². The van der Waals surface area contributed by atoms with Crippen LogP contribution in [-0.2, 0) is 6.54 Å². The van der Waals surface area contributed by atoms with E-state index in [1.165, 1.54) is 31.5 Å². The van der Waals surface area contributed by atoms with Gasteiger partial charge in [0, 0.05) is 31.9 Å². The summed E-state index contributed by atoms with van der Waals surface area (Å²) in [6.45, 7) is 1.31. The number of fused-ring (bicyclic) bond motifs is 1. The van der Waals surface area contributed by atoms with Gasteiger partial charge in [0.1, 0.15) is 0 Å². The molecule has 2 aromatic heterocycles. The number of rotatable bonds is 8. The molecule has 3 heterocycles. The van der Waals surface area contributed by atoms with E-state index in [2.05, 4.69) is 15.3 Å².